The topological polar surface area (TPSA) is 74.6 Å². The van der Waals surface area contributed by atoms with Crippen LogP contribution in [0, 0.1) is 6.92 Å². The molecule has 29 heavy (non-hydrogen) atoms. The van der Waals surface area contributed by atoms with Crippen molar-refractivity contribution in [1.29, 1.82) is 0 Å². The lowest BCUT2D eigenvalue weighted by Gasteiger charge is -2.35. The Hall–Kier alpha value is -2.90. The number of hydrogen-bond acceptors (Lipinski definition) is 6. The minimum absolute atomic E-state index is 0.204. The average molecular weight is 396 g/mol. The number of pyridine rings is 1. The summed E-state index contributed by atoms with van der Waals surface area (Å²) in [4.78, 5) is 40.7. The fourth-order valence-corrected chi connectivity index (χ4v) is 4.00. The number of hydrogen-bond donors (Lipinski definition) is 0. The number of amides is 1. The van der Waals surface area contributed by atoms with Gasteiger partial charge in [-0.25, -0.2) is 4.98 Å². The number of carbonyl (C=O) groups excluding carboxylic acids is 1. The van der Waals surface area contributed by atoms with Crippen molar-refractivity contribution in [3.05, 3.63) is 46.0 Å². The van der Waals surface area contributed by atoms with Crippen LogP contribution >= 0.6 is 0 Å². The molecule has 0 saturated carbocycles. The molecule has 0 aromatic carbocycles. The van der Waals surface area contributed by atoms with Gasteiger partial charge >= 0.3 is 0 Å². The van der Waals surface area contributed by atoms with Gasteiger partial charge in [0.25, 0.3) is 11.5 Å². The van der Waals surface area contributed by atoms with Crippen molar-refractivity contribution in [2.24, 2.45) is 7.05 Å². The first-order valence-corrected chi connectivity index (χ1v) is 10.3. The van der Waals surface area contributed by atoms with E-state index in [-0.39, 0.29) is 17.0 Å². The van der Waals surface area contributed by atoms with E-state index in [1.807, 2.05) is 6.92 Å². The molecule has 0 spiro atoms. The van der Waals surface area contributed by atoms with E-state index in [1.54, 1.807) is 30.3 Å². The summed E-state index contributed by atoms with van der Waals surface area (Å²) in [5.41, 5.74) is 0.928. The van der Waals surface area contributed by atoms with Gasteiger partial charge < -0.3 is 19.3 Å². The predicted octanol–water partition coefficient (Wildman–Crippen LogP) is 1.44. The molecule has 8 nitrogen and oxygen atoms in total. The van der Waals surface area contributed by atoms with E-state index in [4.69, 9.17) is 4.98 Å². The Balaban J connectivity index is 1.45. The van der Waals surface area contributed by atoms with Crippen LogP contribution < -0.4 is 15.4 Å². The van der Waals surface area contributed by atoms with Gasteiger partial charge in [-0.05, 0) is 38.3 Å². The molecule has 4 rings (SSSR count). The van der Waals surface area contributed by atoms with E-state index >= 15 is 0 Å². The normalized spacial score (nSPS) is 17.5. The Morgan fingerprint density at radius 3 is 2.41 bits per heavy atom. The summed E-state index contributed by atoms with van der Waals surface area (Å²) in [6.07, 6.45) is 5.36. The minimum Gasteiger partial charge on any atom is -0.356 e. The van der Waals surface area contributed by atoms with Gasteiger partial charge in [0.2, 0.25) is 5.95 Å². The fraction of sp³-hybridized carbons (Fsp3) is 0.524. The van der Waals surface area contributed by atoms with Crippen molar-refractivity contribution in [3.63, 3.8) is 0 Å². The highest BCUT2D eigenvalue weighted by Gasteiger charge is 2.26. The zero-order valence-corrected chi connectivity index (χ0v) is 17.2. The zero-order chi connectivity index (χ0) is 20.4. The number of rotatable bonds is 3. The lowest BCUT2D eigenvalue weighted by Crippen LogP contribution is -2.50. The number of piperazine rings is 1. The van der Waals surface area contributed by atoms with Crippen LogP contribution in [0.1, 0.15) is 35.3 Å². The van der Waals surface area contributed by atoms with Gasteiger partial charge in [-0.3, -0.25) is 9.59 Å². The van der Waals surface area contributed by atoms with Crippen molar-refractivity contribution in [1.82, 2.24) is 19.4 Å². The Labute approximate surface area is 170 Å². The summed E-state index contributed by atoms with van der Waals surface area (Å²) < 4.78 is 1.44. The van der Waals surface area contributed by atoms with Crippen LogP contribution in [0.3, 0.4) is 0 Å². The first-order chi connectivity index (χ1) is 14.0. The maximum absolute atomic E-state index is 12.8. The van der Waals surface area contributed by atoms with E-state index in [2.05, 4.69) is 20.9 Å². The Kier molecular flexibility index (Phi) is 5.51. The highest BCUT2D eigenvalue weighted by atomic mass is 16.2. The number of carbonyl (C=O) groups is 1. The first-order valence-electron chi connectivity index (χ1n) is 10.3. The van der Waals surface area contributed by atoms with Gasteiger partial charge in [-0.2, -0.15) is 4.98 Å². The third kappa shape index (κ3) is 4.11. The largest absolute Gasteiger partial charge is 0.356 e. The van der Waals surface area contributed by atoms with Crippen LogP contribution in [0.5, 0.6) is 0 Å². The molecule has 2 fully saturated rings. The maximum Gasteiger partial charge on any atom is 0.263 e. The second kappa shape index (κ2) is 8.23. The predicted molar refractivity (Wildman–Crippen MR) is 113 cm³/mol. The zero-order valence-electron chi connectivity index (χ0n) is 17.2. The summed E-state index contributed by atoms with van der Waals surface area (Å²) >= 11 is 0. The second-order valence-corrected chi connectivity index (χ2v) is 7.83. The van der Waals surface area contributed by atoms with Crippen LogP contribution in [0.2, 0.25) is 0 Å². The molecule has 4 heterocycles. The third-order valence-electron chi connectivity index (χ3n) is 5.71. The van der Waals surface area contributed by atoms with Crippen molar-refractivity contribution in [2.45, 2.75) is 26.2 Å². The number of piperidine rings is 1. The van der Waals surface area contributed by atoms with Crippen LogP contribution in [0.15, 0.2) is 29.2 Å². The molecule has 0 bridgehead atoms. The molecule has 0 atom stereocenters. The third-order valence-corrected chi connectivity index (χ3v) is 5.71. The van der Waals surface area contributed by atoms with Gasteiger partial charge in [0.1, 0.15) is 11.4 Å². The fourth-order valence-electron chi connectivity index (χ4n) is 4.00. The molecule has 0 N–H and O–H groups in total. The van der Waals surface area contributed by atoms with Crippen molar-refractivity contribution >= 4 is 17.7 Å². The van der Waals surface area contributed by atoms with Gasteiger partial charge in [-0.1, -0.05) is 0 Å². The Bertz CT molecular complexity index is 942. The first kappa shape index (κ1) is 19.4. The van der Waals surface area contributed by atoms with Crippen molar-refractivity contribution < 1.29 is 4.79 Å². The smallest absolute Gasteiger partial charge is 0.263 e. The standard InChI is InChI=1S/C21H28N6O2/c1-16-15-18(25-9-4-3-5-10-25)23-21(22-16)27-13-11-26(12-14-27)20(29)17-7-6-8-24(2)19(17)28/h6-8,15H,3-5,9-14H2,1-2H3. The van der Waals surface area contributed by atoms with E-state index in [9.17, 15) is 9.59 Å². The molecule has 0 aliphatic carbocycles. The van der Waals surface area contributed by atoms with Crippen molar-refractivity contribution in [3.8, 4) is 0 Å². The molecule has 2 aliphatic rings. The van der Waals surface area contributed by atoms with Crippen LogP contribution in [-0.4, -0.2) is 64.6 Å². The SMILES string of the molecule is Cc1cc(N2CCCCC2)nc(N2CCN(C(=O)c3cccn(C)c3=O)CC2)n1. The molecule has 0 radical (unpaired) electrons. The number of aryl methyl sites for hydroxylation is 2. The van der Waals surface area contributed by atoms with E-state index in [0.29, 0.717) is 26.2 Å². The number of nitrogens with zero attached hydrogens (tertiary/aromatic N) is 6. The molecule has 2 aromatic heterocycles. The summed E-state index contributed by atoms with van der Waals surface area (Å²) in [6, 6.07) is 5.39. The Morgan fingerprint density at radius 2 is 1.69 bits per heavy atom. The van der Waals surface area contributed by atoms with Gasteiger partial charge in [-0.15, -0.1) is 0 Å². The highest BCUT2D eigenvalue weighted by molar-refractivity contribution is 5.94. The monoisotopic (exact) mass is 396 g/mol. The summed E-state index contributed by atoms with van der Waals surface area (Å²) in [5.74, 6) is 1.52. The van der Waals surface area contributed by atoms with Gasteiger partial charge in [0, 0.05) is 64.3 Å². The molecule has 154 valence electrons. The average Bonchev–Trinajstić information content (AvgIpc) is 2.75. The summed E-state index contributed by atoms with van der Waals surface area (Å²) in [6.45, 7) is 6.50. The maximum atomic E-state index is 12.8. The van der Waals surface area contributed by atoms with Crippen molar-refractivity contribution in [2.75, 3.05) is 49.1 Å². The lowest BCUT2D eigenvalue weighted by atomic mass is 10.1. The molecule has 2 aliphatic heterocycles. The van der Waals surface area contributed by atoms with Crippen LogP contribution in [0.4, 0.5) is 11.8 Å². The second-order valence-electron chi connectivity index (χ2n) is 7.83. The highest BCUT2D eigenvalue weighted by Crippen LogP contribution is 2.22. The molecule has 2 aromatic rings. The van der Waals surface area contributed by atoms with E-state index in [0.717, 1.165) is 30.5 Å². The van der Waals surface area contributed by atoms with E-state index in [1.165, 1.54) is 23.8 Å². The number of anilines is 2. The summed E-state index contributed by atoms with van der Waals surface area (Å²) in [7, 11) is 1.66. The van der Waals surface area contributed by atoms with Crippen LogP contribution in [0.25, 0.3) is 0 Å². The number of aromatic nitrogens is 3. The minimum atomic E-state index is -0.256. The lowest BCUT2D eigenvalue weighted by molar-refractivity contribution is 0.0744. The molecule has 0 unspecified atom stereocenters. The Morgan fingerprint density at radius 1 is 0.966 bits per heavy atom. The van der Waals surface area contributed by atoms with E-state index < -0.39 is 0 Å². The molecule has 8 heteroatoms. The molecular weight excluding hydrogens is 368 g/mol. The summed E-state index contributed by atoms with van der Waals surface area (Å²) in [5, 5.41) is 0. The molecule has 2 saturated heterocycles. The van der Waals surface area contributed by atoms with Crippen LogP contribution in [-0.2, 0) is 7.05 Å². The molecular formula is C21H28N6O2. The van der Waals surface area contributed by atoms with Gasteiger partial charge in [0.15, 0.2) is 0 Å². The quantitative estimate of drug-likeness (QED) is 0.782. The van der Waals surface area contributed by atoms with Gasteiger partial charge in [0.05, 0.1) is 0 Å². The molecule has 1 amide bonds.